The van der Waals surface area contributed by atoms with E-state index in [4.69, 9.17) is 0 Å². The highest BCUT2D eigenvalue weighted by atomic mass is 32.1. The standard InChI is InChI=1S/C10H14NS/c1-8(2)11-5-3-9-4-6-12-10(9)7-11/h4,8H,3,5,7H2,1-2H3. The van der Waals surface area contributed by atoms with Crippen LogP contribution in [0.5, 0.6) is 0 Å². The van der Waals surface area contributed by atoms with Crippen LogP contribution in [0.2, 0.25) is 0 Å². The lowest BCUT2D eigenvalue weighted by molar-refractivity contribution is 0.206. The van der Waals surface area contributed by atoms with Gasteiger partial charge in [0.05, 0.1) is 0 Å². The molecule has 0 saturated heterocycles. The van der Waals surface area contributed by atoms with Crippen molar-refractivity contribution in [3.05, 3.63) is 21.9 Å². The van der Waals surface area contributed by atoms with Gasteiger partial charge in [0.15, 0.2) is 0 Å². The van der Waals surface area contributed by atoms with Gasteiger partial charge in [-0.1, -0.05) is 0 Å². The van der Waals surface area contributed by atoms with Gasteiger partial charge in [0.25, 0.3) is 0 Å². The van der Waals surface area contributed by atoms with Crippen molar-refractivity contribution < 1.29 is 0 Å². The van der Waals surface area contributed by atoms with E-state index >= 15 is 0 Å². The molecule has 0 fully saturated rings. The molecule has 1 aromatic heterocycles. The maximum atomic E-state index is 3.21. The normalized spacial score (nSPS) is 18.2. The fourth-order valence-corrected chi connectivity index (χ4v) is 2.50. The molecule has 2 heteroatoms. The monoisotopic (exact) mass is 180 g/mol. The van der Waals surface area contributed by atoms with Gasteiger partial charge >= 0.3 is 0 Å². The topological polar surface area (TPSA) is 3.24 Å². The molecule has 0 aromatic carbocycles. The Hall–Kier alpha value is -0.340. The van der Waals surface area contributed by atoms with Crippen LogP contribution in [0.25, 0.3) is 0 Å². The predicted molar refractivity (Wildman–Crippen MR) is 52.4 cm³/mol. The van der Waals surface area contributed by atoms with Crippen LogP contribution in [0, 0.1) is 5.38 Å². The van der Waals surface area contributed by atoms with Crippen molar-refractivity contribution in [2.24, 2.45) is 0 Å². The van der Waals surface area contributed by atoms with Crippen LogP contribution in [0.3, 0.4) is 0 Å². The Morgan fingerprint density at radius 1 is 1.58 bits per heavy atom. The summed E-state index contributed by atoms with van der Waals surface area (Å²) in [6, 6.07) is 2.83. The zero-order chi connectivity index (χ0) is 8.55. The molecule has 0 spiro atoms. The second-order valence-electron chi connectivity index (χ2n) is 3.63. The summed E-state index contributed by atoms with van der Waals surface area (Å²) in [5.74, 6) is 0. The van der Waals surface area contributed by atoms with Crippen molar-refractivity contribution in [1.29, 1.82) is 0 Å². The molecule has 0 amide bonds. The smallest absolute Gasteiger partial charge is 0.0449 e. The van der Waals surface area contributed by atoms with Crippen LogP contribution >= 0.6 is 11.3 Å². The summed E-state index contributed by atoms with van der Waals surface area (Å²) in [7, 11) is 0. The van der Waals surface area contributed by atoms with E-state index in [2.05, 4.69) is 30.2 Å². The molecule has 2 heterocycles. The Bertz CT molecular complexity index is 265. The lowest BCUT2D eigenvalue weighted by Gasteiger charge is -2.29. The predicted octanol–water partition coefficient (Wildman–Crippen LogP) is 2.31. The molecule has 1 aromatic rings. The van der Waals surface area contributed by atoms with Crippen LogP contribution in [0.15, 0.2) is 6.07 Å². The van der Waals surface area contributed by atoms with E-state index in [0.29, 0.717) is 6.04 Å². The second-order valence-corrected chi connectivity index (χ2v) is 4.56. The summed E-state index contributed by atoms with van der Waals surface area (Å²) in [5, 5.41) is 3.21. The molecule has 1 radical (unpaired) electrons. The summed E-state index contributed by atoms with van der Waals surface area (Å²) in [6.45, 7) is 6.89. The van der Waals surface area contributed by atoms with Gasteiger partial charge in [-0.3, -0.25) is 4.90 Å². The largest absolute Gasteiger partial charge is 0.296 e. The summed E-state index contributed by atoms with van der Waals surface area (Å²) in [5.41, 5.74) is 1.52. The third kappa shape index (κ3) is 1.41. The first-order valence-corrected chi connectivity index (χ1v) is 5.30. The highest BCUT2D eigenvalue weighted by Crippen LogP contribution is 2.24. The molecule has 1 aliphatic heterocycles. The average Bonchev–Trinajstić information content (AvgIpc) is 2.49. The van der Waals surface area contributed by atoms with Gasteiger partial charge in [0.2, 0.25) is 0 Å². The summed E-state index contributed by atoms with van der Waals surface area (Å²) >= 11 is 1.78. The van der Waals surface area contributed by atoms with E-state index in [9.17, 15) is 0 Å². The molecular weight excluding hydrogens is 166 g/mol. The number of nitrogens with zero attached hydrogens (tertiary/aromatic N) is 1. The first kappa shape index (κ1) is 8.27. The SMILES string of the molecule is CC(C)N1CCc2c[c]sc2C1. The Kier molecular flexibility index (Phi) is 2.20. The first-order chi connectivity index (χ1) is 5.77. The first-order valence-electron chi connectivity index (χ1n) is 4.49. The van der Waals surface area contributed by atoms with Crippen molar-refractivity contribution in [1.82, 2.24) is 4.90 Å². The maximum absolute atomic E-state index is 3.21. The second kappa shape index (κ2) is 3.19. The maximum Gasteiger partial charge on any atom is 0.0449 e. The quantitative estimate of drug-likeness (QED) is 0.641. The Morgan fingerprint density at radius 2 is 2.42 bits per heavy atom. The molecule has 1 nitrogen and oxygen atoms in total. The van der Waals surface area contributed by atoms with Gasteiger partial charge < -0.3 is 0 Å². The molecule has 12 heavy (non-hydrogen) atoms. The molecule has 0 atom stereocenters. The molecule has 1 aliphatic rings. The molecule has 0 bridgehead atoms. The number of rotatable bonds is 1. The fraction of sp³-hybridized carbons (Fsp3) is 0.600. The molecule has 2 rings (SSSR count). The highest BCUT2D eigenvalue weighted by molar-refractivity contribution is 7.09. The number of hydrogen-bond donors (Lipinski definition) is 0. The van der Waals surface area contributed by atoms with Crippen molar-refractivity contribution >= 4 is 11.3 Å². The Morgan fingerprint density at radius 3 is 3.17 bits per heavy atom. The van der Waals surface area contributed by atoms with E-state index in [1.807, 2.05) is 0 Å². The minimum atomic E-state index is 0.681. The Balaban J connectivity index is 2.15. The number of fused-ring (bicyclic) bond motifs is 1. The molecule has 0 N–H and O–H groups in total. The lowest BCUT2D eigenvalue weighted by atomic mass is 10.1. The van der Waals surface area contributed by atoms with E-state index in [1.54, 1.807) is 11.3 Å². The third-order valence-electron chi connectivity index (χ3n) is 2.52. The third-order valence-corrected chi connectivity index (χ3v) is 3.39. The van der Waals surface area contributed by atoms with Crippen LogP contribution in [0.1, 0.15) is 24.3 Å². The fourth-order valence-electron chi connectivity index (χ4n) is 1.63. The van der Waals surface area contributed by atoms with E-state index in [0.717, 1.165) is 6.54 Å². The van der Waals surface area contributed by atoms with Crippen molar-refractivity contribution in [2.75, 3.05) is 6.54 Å². The highest BCUT2D eigenvalue weighted by Gasteiger charge is 2.18. The molecule has 0 unspecified atom stereocenters. The van der Waals surface area contributed by atoms with Crippen molar-refractivity contribution in [3.63, 3.8) is 0 Å². The van der Waals surface area contributed by atoms with Gasteiger partial charge in [0, 0.05) is 29.4 Å². The van der Waals surface area contributed by atoms with Gasteiger partial charge in [-0.15, -0.1) is 11.3 Å². The summed E-state index contributed by atoms with van der Waals surface area (Å²) < 4.78 is 0. The molecule has 0 aliphatic carbocycles. The van der Waals surface area contributed by atoms with Gasteiger partial charge in [-0.05, 0) is 31.9 Å². The van der Waals surface area contributed by atoms with Crippen LogP contribution in [-0.4, -0.2) is 17.5 Å². The summed E-state index contributed by atoms with van der Waals surface area (Å²) in [6.07, 6.45) is 1.22. The van der Waals surface area contributed by atoms with Crippen molar-refractivity contribution in [3.8, 4) is 0 Å². The minimum Gasteiger partial charge on any atom is -0.296 e. The van der Waals surface area contributed by atoms with Gasteiger partial charge in [-0.25, -0.2) is 0 Å². The Labute approximate surface area is 78.0 Å². The van der Waals surface area contributed by atoms with Crippen LogP contribution in [0.4, 0.5) is 0 Å². The number of hydrogen-bond acceptors (Lipinski definition) is 2. The average molecular weight is 180 g/mol. The minimum absolute atomic E-state index is 0.681. The molecular formula is C10H14NS. The van der Waals surface area contributed by atoms with Crippen LogP contribution < -0.4 is 0 Å². The van der Waals surface area contributed by atoms with Crippen molar-refractivity contribution in [2.45, 2.75) is 32.9 Å². The molecule has 65 valence electrons. The zero-order valence-corrected chi connectivity index (χ0v) is 8.45. The molecule has 0 saturated carbocycles. The summed E-state index contributed by atoms with van der Waals surface area (Å²) in [4.78, 5) is 4.04. The lowest BCUT2D eigenvalue weighted by Crippen LogP contribution is -2.35. The van der Waals surface area contributed by atoms with E-state index in [1.165, 1.54) is 23.4 Å². The van der Waals surface area contributed by atoms with E-state index < -0.39 is 0 Å². The van der Waals surface area contributed by atoms with E-state index in [-0.39, 0.29) is 0 Å². The zero-order valence-electron chi connectivity index (χ0n) is 7.63. The van der Waals surface area contributed by atoms with Crippen LogP contribution in [-0.2, 0) is 13.0 Å². The van der Waals surface area contributed by atoms with Gasteiger partial charge in [-0.2, -0.15) is 0 Å². The van der Waals surface area contributed by atoms with Gasteiger partial charge in [0.1, 0.15) is 0 Å². The number of thiophene rings is 1.